The van der Waals surface area contributed by atoms with Gasteiger partial charge in [-0.1, -0.05) is 0 Å². The van der Waals surface area contributed by atoms with Gasteiger partial charge in [-0.2, -0.15) is 0 Å². The van der Waals surface area contributed by atoms with Crippen LogP contribution in [-0.4, -0.2) is 49.9 Å². The lowest BCUT2D eigenvalue weighted by Gasteiger charge is -2.18. The summed E-state index contributed by atoms with van der Waals surface area (Å²) < 4.78 is 10.8. The van der Waals surface area contributed by atoms with Crippen LogP contribution in [0.4, 0.5) is 11.6 Å². The molecule has 1 aromatic rings. The van der Waals surface area contributed by atoms with Crippen LogP contribution in [0.15, 0.2) is 6.07 Å². The largest absolute Gasteiger partial charge is 0.380 e. The topological polar surface area (TPSA) is 59.5 Å². The third kappa shape index (κ3) is 3.54. The Morgan fingerprint density at radius 3 is 2.95 bits per heavy atom. The van der Waals surface area contributed by atoms with E-state index in [1.54, 1.807) is 7.11 Å². The highest BCUT2D eigenvalue weighted by Crippen LogP contribution is 2.22. The molecule has 1 unspecified atom stereocenters. The normalized spacial score (nSPS) is 18.9. The number of nitrogens with one attached hydrogen (secondary N) is 1. The van der Waals surface area contributed by atoms with Crippen LogP contribution >= 0.6 is 0 Å². The highest BCUT2D eigenvalue weighted by atomic mass is 16.5. The molecule has 19 heavy (non-hydrogen) atoms. The van der Waals surface area contributed by atoms with Crippen molar-refractivity contribution in [1.82, 2.24) is 9.97 Å². The molecule has 6 nitrogen and oxygen atoms in total. The molecule has 1 aromatic heterocycles. The van der Waals surface area contributed by atoms with Crippen molar-refractivity contribution in [3.05, 3.63) is 11.9 Å². The second kappa shape index (κ2) is 6.68. The van der Waals surface area contributed by atoms with Crippen molar-refractivity contribution in [1.29, 1.82) is 0 Å². The fraction of sp³-hybridized carbons (Fsp3) is 0.692. The van der Waals surface area contributed by atoms with Gasteiger partial charge in [-0.05, 0) is 13.3 Å². The monoisotopic (exact) mass is 266 g/mol. The van der Waals surface area contributed by atoms with Crippen molar-refractivity contribution in [3.63, 3.8) is 0 Å². The zero-order valence-electron chi connectivity index (χ0n) is 11.8. The molecule has 0 spiro atoms. The fourth-order valence-electron chi connectivity index (χ4n) is 2.16. The van der Waals surface area contributed by atoms with E-state index in [-0.39, 0.29) is 0 Å². The van der Waals surface area contributed by atoms with Crippen molar-refractivity contribution >= 4 is 11.6 Å². The van der Waals surface area contributed by atoms with E-state index < -0.39 is 0 Å². The van der Waals surface area contributed by atoms with Gasteiger partial charge in [0.1, 0.15) is 18.2 Å². The Balaban J connectivity index is 2.14. The van der Waals surface area contributed by atoms with Gasteiger partial charge in [-0.15, -0.1) is 0 Å². The quantitative estimate of drug-likeness (QED) is 0.837. The van der Waals surface area contributed by atoms with Crippen LogP contribution in [-0.2, 0) is 16.1 Å². The predicted molar refractivity (Wildman–Crippen MR) is 74.5 cm³/mol. The molecule has 1 N–H and O–H groups in total. The SMILES string of the molecule is CCOCc1nc(NC)cc(N2CCC(OC)C2)n1. The average Bonchev–Trinajstić information content (AvgIpc) is 2.93. The first-order chi connectivity index (χ1) is 9.26. The molecule has 106 valence electrons. The molecular weight excluding hydrogens is 244 g/mol. The minimum Gasteiger partial charge on any atom is -0.380 e. The van der Waals surface area contributed by atoms with Gasteiger partial charge in [0.2, 0.25) is 0 Å². The van der Waals surface area contributed by atoms with Crippen LogP contribution in [0.2, 0.25) is 0 Å². The Morgan fingerprint density at radius 2 is 2.32 bits per heavy atom. The van der Waals surface area contributed by atoms with E-state index in [0.29, 0.717) is 25.1 Å². The fourth-order valence-corrected chi connectivity index (χ4v) is 2.16. The molecule has 1 aliphatic rings. The first-order valence-electron chi connectivity index (χ1n) is 6.68. The molecule has 0 bridgehead atoms. The summed E-state index contributed by atoms with van der Waals surface area (Å²) in [6, 6.07) is 1.97. The highest BCUT2D eigenvalue weighted by Gasteiger charge is 2.23. The number of hydrogen-bond donors (Lipinski definition) is 1. The maximum atomic E-state index is 5.39. The van der Waals surface area contributed by atoms with Gasteiger partial charge in [0, 0.05) is 39.9 Å². The molecule has 2 rings (SSSR count). The summed E-state index contributed by atoms with van der Waals surface area (Å²) in [4.78, 5) is 11.2. The summed E-state index contributed by atoms with van der Waals surface area (Å²) >= 11 is 0. The van der Waals surface area contributed by atoms with Gasteiger partial charge in [-0.25, -0.2) is 9.97 Å². The highest BCUT2D eigenvalue weighted by molar-refractivity contribution is 5.49. The van der Waals surface area contributed by atoms with Gasteiger partial charge in [0.05, 0.1) is 6.10 Å². The number of aromatic nitrogens is 2. The Hall–Kier alpha value is -1.40. The van der Waals surface area contributed by atoms with Crippen LogP contribution in [0.1, 0.15) is 19.2 Å². The first kappa shape index (κ1) is 14.0. The molecular formula is C13H22N4O2. The number of ether oxygens (including phenoxy) is 2. The van der Waals surface area contributed by atoms with E-state index in [2.05, 4.69) is 20.2 Å². The molecule has 0 amide bonds. The second-order valence-corrected chi connectivity index (χ2v) is 4.51. The number of nitrogens with zero attached hydrogens (tertiary/aromatic N) is 3. The lowest BCUT2D eigenvalue weighted by molar-refractivity contribution is 0.121. The maximum absolute atomic E-state index is 5.39. The summed E-state index contributed by atoms with van der Waals surface area (Å²) in [5.74, 6) is 2.47. The van der Waals surface area contributed by atoms with Crippen LogP contribution in [0, 0.1) is 0 Å². The van der Waals surface area contributed by atoms with Crippen LogP contribution in [0.25, 0.3) is 0 Å². The number of hydrogen-bond acceptors (Lipinski definition) is 6. The van der Waals surface area contributed by atoms with E-state index in [1.165, 1.54) is 0 Å². The smallest absolute Gasteiger partial charge is 0.158 e. The van der Waals surface area contributed by atoms with Gasteiger partial charge in [-0.3, -0.25) is 0 Å². The lowest BCUT2D eigenvalue weighted by atomic mass is 10.3. The molecule has 0 aliphatic carbocycles. The van der Waals surface area contributed by atoms with Crippen molar-refractivity contribution in [2.24, 2.45) is 0 Å². The first-order valence-corrected chi connectivity index (χ1v) is 6.68. The van der Waals surface area contributed by atoms with Gasteiger partial charge >= 0.3 is 0 Å². The van der Waals surface area contributed by atoms with Crippen molar-refractivity contribution < 1.29 is 9.47 Å². The molecule has 1 atom stereocenters. The Kier molecular flexibility index (Phi) is 4.93. The number of rotatable bonds is 6. The van der Waals surface area contributed by atoms with E-state index >= 15 is 0 Å². The second-order valence-electron chi connectivity index (χ2n) is 4.51. The summed E-state index contributed by atoms with van der Waals surface area (Å²) in [5, 5.41) is 3.07. The zero-order chi connectivity index (χ0) is 13.7. The minimum atomic E-state index is 0.295. The Morgan fingerprint density at radius 1 is 1.47 bits per heavy atom. The lowest BCUT2D eigenvalue weighted by Crippen LogP contribution is -2.24. The summed E-state index contributed by atoms with van der Waals surface area (Å²) in [6.45, 7) is 4.92. The molecule has 0 aromatic carbocycles. The third-order valence-electron chi connectivity index (χ3n) is 3.25. The number of methoxy groups -OCH3 is 1. The summed E-state index contributed by atoms with van der Waals surface area (Å²) in [6.07, 6.45) is 1.33. The van der Waals surface area contributed by atoms with Gasteiger partial charge in [0.15, 0.2) is 5.82 Å². The molecule has 1 aliphatic heterocycles. The van der Waals surface area contributed by atoms with Gasteiger partial charge < -0.3 is 19.7 Å². The van der Waals surface area contributed by atoms with Gasteiger partial charge in [0.25, 0.3) is 0 Å². The molecule has 1 fully saturated rings. The molecule has 1 saturated heterocycles. The van der Waals surface area contributed by atoms with E-state index in [1.807, 2.05) is 20.0 Å². The third-order valence-corrected chi connectivity index (χ3v) is 3.25. The van der Waals surface area contributed by atoms with Crippen molar-refractivity contribution in [2.45, 2.75) is 26.1 Å². The zero-order valence-corrected chi connectivity index (χ0v) is 11.8. The summed E-state index contributed by atoms with van der Waals surface area (Å²) in [7, 11) is 3.62. The minimum absolute atomic E-state index is 0.295. The van der Waals surface area contributed by atoms with E-state index in [4.69, 9.17) is 9.47 Å². The molecule has 6 heteroatoms. The van der Waals surface area contributed by atoms with Crippen LogP contribution in [0.3, 0.4) is 0 Å². The van der Waals surface area contributed by atoms with E-state index in [0.717, 1.165) is 31.1 Å². The van der Waals surface area contributed by atoms with E-state index in [9.17, 15) is 0 Å². The maximum Gasteiger partial charge on any atom is 0.158 e. The van der Waals surface area contributed by atoms with Crippen molar-refractivity contribution in [2.75, 3.05) is 44.1 Å². The Bertz CT molecular complexity index is 414. The average molecular weight is 266 g/mol. The molecule has 2 heterocycles. The van der Waals surface area contributed by atoms with Crippen LogP contribution < -0.4 is 10.2 Å². The summed E-state index contributed by atoms with van der Waals surface area (Å²) in [5.41, 5.74) is 0. The molecule has 0 saturated carbocycles. The predicted octanol–water partition coefficient (Wildman–Crippen LogP) is 1.28. The van der Waals surface area contributed by atoms with Crippen LogP contribution in [0.5, 0.6) is 0 Å². The Labute approximate surface area is 114 Å². The molecule has 0 radical (unpaired) electrons. The van der Waals surface area contributed by atoms with Crippen molar-refractivity contribution in [3.8, 4) is 0 Å². The number of anilines is 2. The standard InChI is InChI=1S/C13H22N4O2/c1-4-19-9-12-15-11(14-2)7-13(16-12)17-6-5-10(8-17)18-3/h7,10H,4-6,8-9H2,1-3H3,(H,14,15,16).